The molecule has 2 aromatic carbocycles. The molecule has 5 heteroatoms. The van der Waals surface area contributed by atoms with Gasteiger partial charge in [0.1, 0.15) is 11.5 Å². The molecule has 0 bridgehead atoms. The Morgan fingerprint density at radius 1 is 0.963 bits per heavy atom. The van der Waals surface area contributed by atoms with Gasteiger partial charge in [0.15, 0.2) is 0 Å². The molecule has 1 N–H and O–H groups in total. The van der Waals surface area contributed by atoms with Crippen LogP contribution in [0, 0.1) is 0 Å². The molecule has 27 heavy (non-hydrogen) atoms. The highest BCUT2D eigenvalue weighted by molar-refractivity contribution is 5.76. The second kappa shape index (κ2) is 8.94. The fourth-order valence-corrected chi connectivity index (χ4v) is 3.01. The molecule has 0 aliphatic carbocycles. The molecule has 1 aromatic heterocycles. The fourth-order valence-electron chi connectivity index (χ4n) is 3.01. The van der Waals surface area contributed by atoms with E-state index < -0.39 is 0 Å². The largest absolute Gasteiger partial charge is 0.497 e. The summed E-state index contributed by atoms with van der Waals surface area (Å²) in [6, 6.07) is 19.4. The lowest BCUT2D eigenvalue weighted by molar-refractivity contribution is -0.121. The number of nitrogens with one attached hydrogen (secondary N) is 1. The highest BCUT2D eigenvalue weighted by atomic mass is 16.5. The molecule has 1 atom stereocenters. The predicted octanol–water partition coefficient (Wildman–Crippen LogP) is 3.80. The van der Waals surface area contributed by atoms with Crippen LogP contribution in [0.4, 0.5) is 0 Å². The van der Waals surface area contributed by atoms with Crippen LogP contribution in [0.1, 0.15) is 23.6 Å². The van der Waals surface area contributed by atoms with Gasteiger partial charge in [-0.2, -0.15) is 0 Å². The average molecular weight is 364 g/mol. The van der Waals surface area contributed by atoms with Crippen LogP contribution in [0.15, 0.2) is 73.1 Å². The van der Waals surface area contributed by atoms with Crippen molar-refractivity contribution in [3.8, 4) is 11.5 Å². The zero-order valence-electron chi connectivity index (χ0n) is 15.6. The van der Waals surface area contributed by atoms with Crippen LogP contribution in [-0.2, 0) is 11.3 Å². The highest BCUT2D eigenvalue weighted by Crippen LogP contribution is 2.24. The van der Waals surface area contributed by atoms with E-state index in [1.54, 1.807) is 14.2 Å². The molecule has 0 aliphatic heterocycles. The first-order valence-corrected chi connectivity index (χ1v) is 8.85. The monoisotopic (exact) mass is 364 g/mol. The lowest BCUT2D eigenvalue weighted by Gasteiger charge is -2.20. The average Bonchev–Trinajstić information content (AvgIpc) is 3.25. The Morgan fingerprint density at radius 2 is 1.67 bits per heavy atom. The summed E-state index contributed by atoms with van der Waals surface area (Å²) in [7, 11) is 3.28. The molecule has 3 aromatic rings. The standard InChI is InChI=1S/C22H24N2O3/c1-26-19-10-8-18(9-11-19)21(24-12-3-4-13-24)15-22(25)23-16-17-6-5-7-20(14-17)27-2/h3-14,21H,15-16H2,1-2H3,(H,23,25). The quantitative estimate of drug-likeness (QED) is 0.661. The van der Waals surface area contributed by atoms with Gasteiger partial charge in [-0.05, 0) is 47.5 Å². The third-order valence-corrected chi connectivity index (χ3v) is 4.49. The second-order valence-electron chi connectivity index (χ2n) is 6.25. The molecule has 0 spiro atoms. The topological polar surface area (TPSA) is 52.5 Å². The maximum absolute atomic E-state index is 12.6. The minimum Gasteiger partial charge on any atom is -0.497 e. The lowest BCUT2D eigenvalue weighted by Crippen LogP contribution is -2.26. The minimum atomic E-state index is -0.0729. The normalized spacial score (nSPS) is 11.6. The van der Waals surface area contributed by atoms with Crippen LogP contribution < -0.4 is 14.8 Å². The van der Waals surface area contributed by atoms with Gasteiger partial charge >= 0.3 is 0 Å². The minimum absolute atomic E-state index is 0.00709. The van der Waals surface area contributed by atoms with E-state index in [9.17, 15) is 4.79 Å². The van der Waals surface area contributed by atoms with Crippen LogP contribution >= 0.6 is 0 Å². The van der Waals surface area contributed by atoms with Gasteiger partial charge in [-0.3, -0.25) is 4.79 Å². The van der Waals surface area contributed by atoms with Gasteiger partial charge in [0, 0.05) is 18.9 Å². The molecule has 5 nitrogen and oxygen atoms in total. The van der Waals surface area contributed by atoms with Crippen molar-refractivity contribution in [2.75, 3.05) is 14.2 Å². The van der Waals surface area contributed by atoms with Gasteiger partial charge < -0.3 is 19.4 Å². The van der Waals surface area contributed by atoms with Crippen molar-refractivity contribution >= 4 is 5.91 Å². The zero-order chi connectivity index (χ0) is 19.1. The van der Waals surface area contributed by atoms with Gasteiger partial charge in [-0.25, -0.2) is 0 Å². The van der Waals surface area contributed by atoms with E-state index in [0.717, 1.165) is 22.6 Å². The summed E-state index contributed by atoms with van der Waals surface area (Å²) < 4.78 is 12.5. The van der Waals surface area contributed by atoms with Crippen molar-refractivity contribution in [2.24, 2.45) is 0 Å². The number of nitrogens with zero attached hydrogens (tertiary/aromatic N) is 1. The van der Waals surface area contributed by atoms with E-state index in [1.165, 1.54) is 0 Å². The summed E-state index contributed by atoms with van der Waals surface area (Å²) in [5.41, 5.74) is 2.06. The van der Waals surface area contributed by atoms with E-state index >= 15 is 0 Å². The summed E-state index contributed by atoms with van der Waals surface area (Å²) in [5, 5.41) is 3.00. The third kappa shape index (κ3) is 4.91. The van der Waals surface area contributed by atoms with Crippen molar-refractivity contribution in [3.63, 3.8) is 0 Å². The summed E-state index contributed by atoms with van der Waals surface area (Å²) in [6.45, 7) is 0.469. The molecule has 1 heterocycles. The maximum atomic E-state index is 12.6. The van der Waals surface area contributed by atoms with Crippen LogP contribution in [-0.4, -0.2) is 24.7 Å². The summed E-state index contributed by atoms with van der Waals surface area (Å²) in [5.74, 6) is 1.57. The Balaban J connectivity index is 1.68. The highest BCUT2D eigenvalue weighted by Gasteiger charge is 2.17. The van der Waals surface area contributed by atoms with Gasteiger partial charge in [0.25, 0.3) is 0 Å². The first-order chi connectivity index (χ1) is 13.2. The van der Waals surface area contributed by atoms with Crippen molar-refractivity contribution in [3.05, 3.63) is 84.2 Å². The number of carbonyl (C=O) groups is 1. The number of rotatable bonds is 8. The second-order valence-corrected chi connectivity index (χ2v) is 6.25. The molecule has 0 saturated heterocycles. The van der Waals surface area contributed by atoms with Crippen LogP contribution in [0.25, 0.3) is 0 Å². The van der Waals surface area contributed by atoms with Crippen molar-refractivity contribution in [1.29, 1.82) is 0 Å². The van der Waals surface area contributed by atoms with E-state index in [4.69, 9.17) is 9.47 Å². The van der Waals surface area contributed by atoms with Crippen molar-refractivity contribution < 1.29 is 14.3 Å². The first-order valence-electron chi connectivity index (χ1n) is 8.85. The molecular weight excluding hydrogens is 340 g/mol. The van der Waals surface area contributed by atoms with Gasteiger partial charge in [-0.15, -0.1) is 0 Å². The number of hydrogen-bond acceptors (Lipinski definition) is 3. The number of carbonyl (C=O) groups excluding carboxylic acids is 1. The fraction of sp³-hybridized carbons (Fsp3) is 0.227. The smallest absolute Gasteiger partial charge is 0.222 e. The number of amides is 1. The number of hydrogen-bond donors (Lipinski definition) is 1. The van der Waals surface area contributed by atoms with E-state index in [2.05, 4.69) is 5.32 Å². The number of aromatic nitrogens is 1. The predicted molar refractivity (Wildman–Crippen MR) is 105 cm³/mol. The molecule has 3 rings (SSSR count). The molecule has 140 valence electrons. The number of ether oxygens (including phenoxy) is 2. The number of methoxy groups -OCH3 is 2. The summed E-state index contributed by atoms with van der Waals surface area (Å²) >= 11 is 0. The molecule has 1 amide bonds. The van der Waals surface area contributed by atoms with E-state index in [-0.39, 0.29) is 11.9 Å². The van der Waals surface area contributed by atoms with E-state index in [1.807, 2.05) is 77.6 Å². The third-order valence-electron chi connectivity index (χ3n) is 4.49. The maximum Gasteiger partial charge on any atom is 0.222 e. The molecule has 0 fully saturated rings. The Labute approximate surface area is 159 Å². The molecule has 0 radical (unpaired) electrons. The van der Waals surface area contributed by atoms with Crippen LogP contribution in [0.2, 0.25) is 0 Å². The van der Waals surface area contributed by atoms with Crippen LogP contribution in [0.3, 0.4) is 0 Å². The van der Waals surface area contributed by atoms with Crippen LogP contribution in [0.5, 0.6) is 11.5 Å². The Hall–Kier alpha value is -3.21. The van der Waals surface area contributed by atoms with Gasteiger partial charge in [0.2, 0.25) is 5.91 Å². The first kappa shape index (κ1) is 18.6. The summed E-state index contributed by atoms with van der Waals surface area (Å²) in [4.78, 5) is 12.6. The SMILES string of the molecule is COc1ccc(C(CC(=O)NCc2cccc(OC)c2)n2cccc2)cc1. The molecule has 0 saturated carbocycles. The zero-order valence-corrected chi connectivity index (χ0v) is 15.6. The molecule has 0 aliphatic rings. The number of benzene rings is 2. The summed E-state index contributed by atoms with van der Waals surface area (Å²) in [6.07, 6.45) is 4.31. The van der Waals surface area contributed by atoms with Gasteiger partial charge in [0.05, 0.1) is 26.7 Å². The lowest BCUT2D eigenvalue weighted by atomic mass is 10.0. The Kier molecular flexibility index (Phi) is 6.15. The van der Waals surface area contributed by atoms with Gasteiger partial charge in [-0.1, -0.05) is 24.3 Å². The van der Waals surface area contributed by atoms with Crippen molar-refractivity contribution in [1.82, 2.24) is 9.88 Å². The Bertz CT molecular complexity index is 858. The van der Waals surface area contributed by atoms with E-state index in [0.29, 0.717) is 13.0 Å². The van der Waals surface area contributed by atoms with Crippen molar-refractivity contribution in [2.45, 2.75) is 19.0 Å². The molecular formula is C22H24N2O3. The Morgan fingerprint density at radius 3 is 2.33 bits per heavy atom. The molecule has 1 unspecified atom stereocenters.